The number of unbranched alkanes of at least 4 members (excludes halogenated alkanes) is 3. The van der Waals surface area contributed by atoms with Crippen LogP contribution in [-0.2, 0) is 9.53 Å². The van der Waals surface area contributed by atoms with Crippen molar-refractivity contribution in [1.29, 1.82) is 0 Å². The number of esters is 1. The Morgan fingerprint density at radius 3 is 2.67 bits per heavy atom. The molecule has 0 unspecified atom stereocenters. The summed E-state index contributed by atoms with van der Waals surface area (Å²) in [5.74, 6) is -0.591. The number of ether oxygens (including phenoxy) is 1. The summed E-state index contributed by atoms with van der Waals surface area (Å²) in [7, 11) is 0. The third-order valence-corrected chi connectivity index (χ3v) is 1.84. The molecule has 0 bridgehead atoms. The first-order chi connectivity index (χ1) is 7.26. The van der Waals surface area contributed by atoms with E-state index in [-0.39, 0.29) is 12.3 Å². The third kappa shape index (κ3) is 6.63. The minimum absolute atomic E-state index is 0.0478. The maximum atomic E-state index is 11.1. The number of nitrogens with zero attached hydrogens (tertiary/aromatic N) is 2. The second kappa shape index (κ2) is 9.16. The van der Waals surface area contributed by atoms with Gasteiger partial charge in [0.25, 0.3) is 0 Å². The summed E-state index contributed by atoms with van der Waals surface area (Å²) in [6.45, 7) is 4.11. The predicted molar refractivity (Wildman–Crippen MR) is 58.5 cm³/mol. The second-order valence-electron chi connectivity index (χ2n) is 3.10. The van der Waals surface area contributed by atoms with Gasteiger partial charge in [-0.15, -0.1) is 0 Å². The Labute approximate surface area is 90.6 Å². The highest BCUT2D eigenvalue weighted by molar-refractivity contribution is 6.38. The molecule has 0 aliphatic rings. The molecule has 0 radical (unpaired) electrons. The molecule has 0 heterocycles. The number of carbonyl (C=O) groups is 1. The predicted octanol–water partition coefficient (Wildman–Crippen LogP) is 2.36. The van der Waals surface area contributed by atoms with Gasteiger partial charge in [0.15, 0.2) is 0 Å². The van der Waals surface area contributed by atoms with E-state index in [4.69, 9.17) is 10.3 Å². The fraction of sp³-hybridized carbons (Fsp3) is 0.636. The van der Waals surface area contributed by atoms with E-state index >= 15 is 0 Å². The van der Waals surface area contributed by atoms with E-state index in [0.717, 1.165) is 25.7 Å². The Bertz CT molecular complexity index is 266. The summed E-state index contributed by atoms with van der Waals surface area (Å²) in [4.78, 5) is 14.0. The van der Waals surface area contributed by atoms with Gasteiger partial charge in [-0.1, -0.05) is 25.8 Å². The molecule has 0 rings (SSSR count). The van der Waals surface area contributed by atoms with Crippen LogP contribution in [0.15, 0.2) is 12.2 Å². The van der Waals surface area contributed by atoms with Crippen molar-refractivity contribution in [1.82, 2.24) is 0 Å². The van der Waals surface area contributed by atoms with Crippen molar-refractivity contribution >= 4 is 11.7 Å². The summed E-state index contributed by atoms with van der Waals surface area (Å²) in [6, 6.07) is 0. The number of allylic oxidation sites excluding steroid dienone is 1. The number of hydrogen-bond donors (Lipinski definition) is 0. The first kappa shape index (κ1) is 13.6. The van der Waals surface area contributed by atoms with Gasteiger partial charge in [-0.3, -0.25) is 0 Å². The Hall–Kier alpha value is -1.41. The van der Waals surface area contributed by atoms with E-state index in [9.17, 15) is 4.79 Å². The van der Waals surface area contributed by atoms with Crippen LogP contribution < -0.4 is 0 Å². The lowest BCUT2D eigenvalue weighted by molar-refractivity contribution is -0.139. The number of rotatable bonds is 7. The van der Waals surface area contributed by atoms with Crippen LogP contribution >= 0.6 is 0 Å². The zero-order valence-corrected chi connectivity index (χ0v) is 9.40. The SMILES string of the molecule is CCCCC/C=C/C(=[N+]=[N-])C(=O)OCC. The Morgan fingerprint density at radius 1 is 1.40 bits per heavy atom. The normalized spacial score (nSPS) is 10.0. The van der Waals surface area contributed by atoms with Crippen molar-refractivity contribution in [2.75, 3.05) is 6.61 Å². The van der Waals surface area contributed by atoms with E-state index in [2.05, 4.69) is 11.7 Å². The molecule has 0 aromatic heterocycles. The van der Waals surface area contributed by atoms with Gasteiger partial charge in [0.1, 0.15) is 0 Å². The maximum Gasteiger partial charge on any atom is 0.421 e. The summed E-state index contributed by atoms with van der Waals surface area (Å²) in [6.07, 6.45) is 7.60. The molecular formula is C11H18N2O2. The van der Waals surface area contributed by atoms with Gasteiger partial charge < -0.3 is 10.3 Å². The van der Waals surface area contributed by atoms with Crippen LogP contribution in [0.2, 0.25) is 0 Å². The Kier molecular flexibility index (Phi) is 8.30. The second-order valence-corrected chi connectivity index (χ2v) is 3.10. The molecule has 0 N–H and O–H groups in total. The minimum Gasteiger partial charge on any atom is -0.457 e. The van der Waals surface area contributed by atoms with Crippen LogP contribution in [-0.4, -0.2) is 23.1 Å². The van der Waals surface area contributed by atoms with Gasteiger partial charge in [0, 0.05) is 6.08 Å². The highest BCUT2D eigenvalue weighted by Gasteiger charge is 2.16. The van der Waals surface area contributed by atoms with Crippen molar-refractivity contribution in [3.63, 3.8) is 0 Å². The van der Waals surface area contributed by atoms with Gasteiger partial charge in [0.05, 0.1) is 6.61 Å². The summed E-state index contributed by atoms with van der Waals surface area (Å²) >= 11 is 0. The van der Waals surface area contributed by atoms with Crippen molar-refractivity contribution in [2.24, 2.45) is 0 Å². The average Bonchev–Trinajstić information content (AvgIpc) is 2.23. The summed E-state index contributed by atoms with van der Waals surface area (Å²) in [5.41, 5.74) is 8.51. The molecule has 0 aliphatic carbocycles. The Morgan fingerprint density at radius 2 is 2.13 bits per heavy atom. The largest absolute Gasteiger partial charge is 0.457 e. The van der Waals surface area contributed by atoms with E-state index in [1.54, 1.807) is 6.92 Å². The van der Waals surface area contributed by atoms with Crippen LogP contribution in [0.1, 0.15) is 39.5 Å². The van der Waals surface area contributed by atoms with E-state index < -0.39 is 5.97 Å². The summed E-state index contributed by atoms with van der Waals surface area (Å²) in [5, 5.41) is 0. The number of hydrogen-bond acceptors (Lipinski definition) is 2. The van der Waals surface area contributed by atoms with Crippen molar-refractivity contribution in [3.8, 4) is 0 Å². The van der Waals surface area contributed by atoms with Crippen LogP contribution in [0.25, 0.3) is 5.53 Å². The topological polar surface area (TPSA) is 62.7 Å². The van der Waals surface area contributed by atoms with E-state index in [1.165, 1.54) is 6.08 Å². The van der Waals surface area contributed by atoms with Gasteiger partial charge in [0.2, 0.25) is 0 Å². The number of carbonyl (C=O) groups excluding carboxylic acids is 1. The summed E-state index contributed by atoms with van der Waals surface area (Å²) < 4.78 is 4.69. The molecule has 84 valence electrons. The smallest absolute Gasteiger partial charge is 0.421 e. The van der Waals surface area contributed by atoms with E-state index in [1.807, 2.05) is 6.08 Å². The highest BCUT2D eigenvalue weighted by atomic mass is 16.5. The van der Waals surface area contributed by atoms with Crippen molar-refractivity contribution in [3.05, 3.63) is 17.7 Å². The molecular weight excluding hydrogens is 192 g/mol. The van der Waals surface area contributed by atoms with Crippen LogP contribution in [0.5, 0.6) is 0 Å². The Balaban J connectivity index is 4.00. The van der Waals surface area contributed by atoms with Crippen LogP contribution in [0.3, 0.4) is 0 Å². The average molecular weight is 210 g/mol. The minimum atomic E-state index is -0.591. The molecule has 15 heavy (non-hydrogen) atoms. The lowest BCUT2D eigenvalue weighted by atomic mass is 10.2. The standard InChI is InChI=1S/C11H18N2O2/c1-3-5-6-7-8-9-10(13-12)11(14)15-4-2/h8-9H,3-7H2,1-2H3/b9-8+. The lowest BCUT2D eigenvalue weighted by Gasteiger charge is -1.93. The molecule has 4 nitrogen and oxygen atoms in total. The lowest BCUT2D eigenvalue weighted by Crippen LogP contribution is -2.16. The van der Waals surface area contributed by atoms with E-state index in [0.29, 0.717) is 0 Å². The van der Waals surface area contributed by atoms with Gasteiger partial charge in [-0.25, -0.2) is 4.79 Å². The molecule has 0 amide bonds. The first-order valence-corrected chi connectivity index (χ1v) is 5.32. The highest BCUT2D eigenvalue weighted by Crippen LogP contribution is 1.99. The molecule has 0 aromatic rings. The van der Waals surface area contributed by atoms with Crippen LogP contribution in [0.4, 0.5) is 0 Å². The monoisotopic (exact) mass is 210 g/mol. The van der Waals surface area contributed by atoms with Gasteiger partial charge in [-0.05, 0) is 19.8 Å². The van der Waals surface area contributed by atoms with Crippen molar-refractivity contribution < 1.29 is 14.3 Å². The molecule has 0 atom stereocenters. The van der Waals surface area contributed by atoms with Gasteiger partial charge >= 0.3 is 11.7 Å². The van der Waals surface area contributed by atoms with Gasteiger partial charge in [-0.2, -0.15) is 4.79 Å². The molecule has 4 heteroatoms. The van der Waals surface area contributed by atoms with Crippen molar-refractivity contribution in [2.45, 2.75) is 39.5 Å². The molecule has 0 aliphatic heterocycles. The molecule has 0 saturated heterocycles. The fourth-order valence-electron chi connectivity index (χ4n) is 1.05. The molecule has 0 spiro atoms. The molecule has 0 aromatic carbocycles. The third-order valence-electron chi connectivity index (χ3n) is 1.84. The maximum absolute atomic E-state index is 11.1. The van der Waals surface area contributed by atoms with Crippen LogP contribution in [0, 0.1) is 0 Å². The molecule has 0 saturated carbocycles. The fourth-order valence-corrected chi connectivity index (χ4v) is 1.05. The zero-order valence-electron chi connectivity index (χ0n) is 9.40. The zero-order chi connectivity index (χ0) is 11.5. The first-order valence-electron chi connectivity index (χ1n) is 5.32. The quantitative estimate of drug-likeness (QED) is 0.213. The molecule has 0 fully saturated rings.